The first kappa shape index (κ1) is 23.6. The van der Waals surface area contributed by atoms with Gasteiger partial charge in [-0.25, -0.2) is 4.39 Å². The minimum absolute atomic E-state index is 0.0970. The summed E-state index contributed by atoms with van der Waals surface area (Å²) in [5.41, 5.74) is 0.597. The van der Waals surface area contributed by atoms with Gasteiger partial charge in [-0.1, -0.05) is 25.7 Å². The van der Waals surface area contributed by atoms with E-state index in [0.29, 0.717) is 22.5 Å². The number of hydrogen-bond donors (Lipinski definition) is 1. The SMILES string of the molecule is C[C@]1(C(=O)NC2CCCCCC2)Cn2c(c(-n3cccc3)c3cc(F)ccc32)C(=O)N1Cc1ccco1. The van der Waals surface area contributed by atoms with Crippen molar-refractivity contribution in [3.63, 3.8) is 0 Å². The summed E-state index contributed by atoms with van der Waals surface area (Å²) in [5, 5.41) is 3.91. The van der Waals surface area contributed by atoms with Gasteiger partial charge in [-0.2, -0.15) is 0 Å². The predicted octanol–water partition coefficient (Wildman–Crippen LogP) is 5.42. The molecule has 1 saturated carbocycles. The summed E-state index contributed by atoms with van der Waals surface area (Å²) < 4.78 is 23.8. The molecule has 4 aromatic rings. The summed E-state index contributed by atoms with van der Waals surface area (Å²) in [5.74, 6) is -0.240. The summed E-state index contributed by atoms with van der Waals surface area (Å²) >= 11 is 0. The van der Waals surface area contributed by atoms with E-state index >= 15 is 0 Å². The number of benzene rings is 1. The first-order valence-electron chi connectivity index (χ1n) is 13.1. The maximum Gasteiger partial charge on any atom is 0.274 e. The molecular weight excluding hydrogens is 471 g/mol. The predicted molar refractivity (Wildman–Crippen MR) is 138 cm³/mol. The summed E-state index contributed by atoms with van der Waals surface area (Å²) in [7, 11) is 0. The summed E-state index contributed by atoms with van der Waals surface area (Å²) in [6, 6.07) is 12.0. The van der Waals surface area contributed by atoms with Crippen molar-refractivity contribution >= 4 is 22.7 Å². The molecule has 4 heterocycles. The van der Waals surface area contributed by atoms with Gasteiger partial charge >= 0.3 is 0 Å². The summed E-state index contributed by atoms with van der Waals surface area (Å²) in [6.07, 6.45) is 11.7. The second-order valence-corrected chi connectivity index (χ2v) is 10.4. The Morgan fingerprint density at radius 3 is 2.57 bits per heavy atom. The van der Waals surface area contributed by atoms with Crippen LogP contribution in [0.15, 0.2) is 65.5 Å². The van der Waals surface area contributed by atoms with Gasteiger partial charge in [-0.05, 0) is 62.2 Å². The highest BCUT2D eigenvalue weighted by atomic mass is 19.1. The molecule has 0 unspecified atom stereocenters. The number of fused-ring (bicyclic) bond motifs is 3. The van der Waals surface area contributed by atoms with Gasteiger partial charge in [0.2, 0.25) is 5.91 Å². The normalized spacial score (nSPS) is 20.7. The standard InChI is InChI=1S/C29H31FN4O3/c1-29(28(36)31-21-9-4-2-3-5-10-21)19-33-24-13-12-20(30)17-23(24)25(32-14-6-7-15-32)26(33)27(35)34(29)18-22-11-8-16-37-22/h6-8,11-17,21H,2-5,9-10,18-19H2,1H3,(H,31,36)/t29-/m1/s1. The lowest BCUT2D eigenvalue weighted by atomic mass is 9.93. The summed E-state index contributed by atoms with van der Waals surface area (Å²) in [4.78, 5) is 30.0. The van der Waals surface area contributed by atoms with E-state index in [1.807, 2.05) is 46.7 Å². The molecule has 1 N–H and O–H groups in total. The van der Waals surface area contributed by atoms with Crippen molar-refractivity contribution in [3.8, 4) is 5.69 Å². The number of carbonyl (C=O) groups is 2. The largest absolute Gasteiger partial charge is 0.467 e. The van der Waals surface area contributed by atoms with Crippen LogP contribution in [0.4, 0.5) is 4.39 Å². The molecule has 0 saturated heterocycles. The second kappa shape index (κ2) is 9.25. The molecule has 2 amide bonds. The molecule has 1 aliphatic heterocycles. The van der Waals surface area contributed by atoms with Crippen LogP contribution in [0.25, 0.3) is 16.6 Å². The molecular formula is C29H31FN4O3. The molecule has 3 aromatic heterocycles. The zero-order valence-corrected chi connectivity index (χ0v) is 21.0. The van der Waals surface area contributed by atoms with Crippen LogP contribution in [0, 0.1) is 5.82 Å². The number of rotatable bonds is 5. The lowest BCUT2D eigenvalue weighted by Gasteiger charge is -2.44. The van der Waals surface area contributed by atoms with Gasteiger partial charge in [-0.3, -0.25) is 9.59 Å². The molecule has 1 atom stereocenters. The van der Waals surface area contributed by atoms with Crippen molar-refractivity contribution in [1.29, 1.82) is 0 Å². The molecule has 1 aromatic carbocycles. The zero-order chi connectivity index (χ0) is 25.6. The van der Waals surface area contributed by atoms with Crippen LogP contribution >= 0.6 is 0 Å². The van der Waals surface area contributed by atoms with Crippen LogP contribution in [0.2, 0.25) is 0 Å². The number of hydrogen-bond acceptors (Lipinski definition) is 3. The Kier molecular flexibility index (Phi) is 5.89. The number of furan rings is 1. The Labute approximate surface area is 214 Å². The Hall–Kier alpha value is -3.81. The van der Waals surface area contributed by atoms with E-state index in [-0.39, 0.29) is 36.8 Å². The third-order valence-electron chi connectivity index (χ3n) is 7.94. The molecule has 0 radical (unpaired) electrons. The number of carbonyl (C=O) groups excluding carboxylic acids is 2. The maximum atomic E-state index is 14.4. The van der Waals surface area contributed by atoms with E-state index in [2.05, 4.69) is 5.32 Å². The lowest BCUT2D eigenvalue weighted by Crippen LogP contribution is -2.64. The monoisotopic (exact) mass is 502 g/mol. The number of aromatic nitrogens is 2. The average molecular weight is 503 g/mol. The van der Waals surface area contributed by atoms with Crippen molar-refractivity contribution in [2.75, 3.05) is 0 Å². The molecule has 2 aliphatic rings. The van der Waals surface area contributed by atoms with Crippen molar-refractivity contribution in [3.05, 3.63) is 78.4 Å². The van der Waals surface area contributed by atoms with Gasteiger partial charge in [0.25, 0.3) is 5.91 Å². The highest BCUT2D eigenvalue weighted by molar-refractivity contribution is 6.08. The van der Waals surface area contributed by atoms with Crippen molar-refractivity contribution in [2.24, 2.45) is 0 Å². The van der Waals surface area contributed by atoms with Gasteiger partial charge in [0, 0.05) is 23.8 Å². The third kappa shape index (κ3) is 4.04. The van der Waals surface area contributed by atoms with E-state index in [4.69, 9.17) is 4.42 Å². The molecule has 7 nitrogen and oxygen atoms in total. The highest BCUT2D eigenvalue weighted by Gasteiger charge is 2.49. The summed E-state index contributed by atoms with van der Waals surface area (Å²) in [6.45, 7) is 2.23. The lowest BCUT2D eigenvalue weighted by molar-refractivity contribution is -0.134. The third-order valence-corrected chi connectivity index (χ3v) is 7.94. The van der Waals surface area contributed by atoms with Crippen LogP contribution in [0.1, 0.15) is 61.7 Å². The number of halogens is 1. The molecule has 37 heavy (non-hydrogen) atoms. The molecule has 0 spiro atoms. The molecule has 1 aliphatic carbocycles. The van der Waals surface area contributed by atoms with Crippen LogP contribution in [0.3, 0.4) is 0 Å². The Morgan fingerprint density at radius 1 is 1.11 bits per heavy atom. The van der Waals surface area contributed by atoms with Gasteiger partial charge in [-0.15, -0.1) is 0 Å². The van der Waals surface area contributed by atoms with Crippen LogP contribution in [0.5, 0.6) is 0 Å². The zero-order valence-electron chi connectivity index (χ0n) is 21.0. The van der Waals surface area contributed by atoms with Crippen molar-refractivity contribution < 1.29 is 18.4 Å². The molecule has 6 rings (SSSR count). The maximum absolute atomic E-state index is 14.4. The van der Waals surface area contributed by atoms with Crippen LogP contribution < -0.4 is 5.32 Å². The first-order valence-corrected chi connectivity index (χ1v) is 13.1. The molecule has 1 fully saturated rings. The van der Waals surface area contributed by atoms with E-state index in [1.54, 1.807) is 23.3 Å². The molecule has 0 bridgehead atoms. The second-order valence-electron chi connectivity index (χ2n) is 10.4. The minimum Gasteiger partial charge on any atom is -0.467 e. The fraction of sp³-hybridized carbons (Fsp3) is 0.379. The topological polar surface area (TPSA) is 72.4 Å². The van der Waals surface area contributed by atoms with Gasteiger partial charge in [0.05, 0.1) is 30.6 Å². The quantitative estimate of drug-likeness (QED) is 0.371. The minimum atomic E-state index is -1.17. The van der Waals surface area contributed by atoms with Crippen LogP contribution in [-0.2, 0) is 17.9 Å². The Balaban J connectivity index is 1.49. The molecule has 8 heteroatoms. The van der Waals surface area contributed by atoms with Gasteiger partial charge in [0.1, 0.15) is 22.8 Å². The van der Waals surface area contributed by atoms with Crippen molar-refractivity contribution in [2.45, 2.75) is 70.1 Å². The number of amides is 2. The fourth-order valence-electron chi connectivity index (χ4n) is 5.94. The van der Waals surface area contributed by atoms with Gasteiger partial charge < -0.3 is 23.8 Å². The van der Waals surface area contributed by atoms with E-state index < -0.39 is 5.54 Å². The van der Waals surface area contributed by atoms with E-state index in [1.165, 1.54) is 25.0 Å². The molecule has 192 valence electrons. The van der Waals surface area contributed by atoms with E-state index in [9.17, 15) is 14.0 Å². The first-order chi connectivity index (χ1) is 18.0. The van der Waals surface area contributed by atoms with Crippen molar-refractivity contribution in [1.82, 2.24) is 19.4 Å². The number of nitrogens with one attached hydrogen (secondary N) is 1. The Bertz CT molecular complexity index is 1430. The number of nitrogens with zero attached hydrogens (tertiary/aromatic N) is 3. The highest BCUT2D eigenvalue weighted by Crippen LogP contribution is 2.39. The Morgan fingerprint density at radius 2 is 1.86 bits per heavy atom. The van der Waals surface area contributed by atoms with Crippen LogP contribution in [-0.4, -0.2) is 37.4 Å². The fourth-order valence-corrected chi connectivity index (χ4v) is 5.94. The average Bonchev–Trinajstić information content (AvgIpc) is 3.61. The smallest absolute Gasteiger partial charge is 0.274 e. The van der Waals surface area contributed by atoms with E-state index in [0.717, 1.165) is 31.2 Å². The van der Waals surface area contributed by atoms with Gasteiger partial charge in [0.15, 0.2) is 0 Å².